The molecule has 2 heterocycles. The first kappa shape index (κ1) is 18.5. The number of rotatable bonds is 6. The minimum Gasteiger partial charge on any atom is -0.493 e. The number of aryl methyl sites for hydroxylation is 4. The lowest BCUT2D eigenvalue weighted by Gasteiger charge is -2.18. The van der Waals surface area contributed by atoms with E-state index in [1.54, 1.807) is 16.2 Å². The number of thiazole rings is 1. The van der Waals surface area contributed by atoms with E-state index in [-0.39, 0.29) is 5.91 Å². The molecule has 1 aromatic carbocycles. The Kier molecular flexibility index (Phi) is 5.32. The van der Waals surface area contributed by atoms with Crippen LogP contribution in [-0.4, -0.2) is 33.8 Å². The van der Waals surface area contributed by atoms with Crippen LogP contribution in [0, 0.1) is 27.7 Å². The molecule has 0 bridgehead atoms. The predicted molar refractivity (Wildman–Crippen MR) is 105 cm³/mol. The van der Waals surface area contributed by atoms with E-state index in [4.69, 9.17) is 4.74 Å². The average molecular weight is 372 g/mol. The average Bonchev–Trinajstić information content (AvgIpc) is 3.07. The molecule has 2 aromatic heterocycles. The zero-order valence-corrected chi connectivity index (χ0v) is 16.8. The second-order valence-electron chi connectivity index (χ2n) is 6.76. The summed E-state index contributed by atoms with van der Waals surface area (Å²) in [5, 5.41) is 0. The van der Waals surface area contributed by atoms with Gasteiger partial charge in [0.2, 0.25) is 5.91 Å². The number of imidazole rings is 1. The summed E-state index contributed by atoms with van der Waals surface area (Å²) in [4.78, 5) is 21.0. The Labute approximate surface area is 158 Å². The highest BCUT2D eigenvalue weighted by Gasteiger charge is 2.16. The molecule has 0 unspecified atom stereocenters. The molecule has 0 saturated heterocycles. The Bertz CT molecular complexity index is 942. The van der Waals surface area contributed by atoms with Crippen molar-refractivity contribution in [3.63, 3.8) is 0 Å². The van der Waals surface area contributed by atoms with E-state index in [9.17, 15) is 4.79 Å². The number of aromatic nitrogens is 2. The topological polar surface area (TPSA) is 46.8 Å². The van der Waals surface area contributed by atoms with Gasteiger partial charge in [0.1, 0.15) is 5.75 Å². The van der Waals surface area contributed by atoms with Gasteiger partial charge in [-0.05, 0) is 44.9 Å². The van der Waals surface area contributed by atoms with Crippen LogP contribution in [0.5, 0.6) is 5.75 Å². The first-order valence-electron chi connectivity index (χ1n) is 8.73. The van der Waals surface area contributed by atoms with Crippen molar-refractivity contribution in [1.82, 2.24) is 14.3 Å². The smallest absolute Gasteiger partial charge is 0.226 e. The van der Waals surface area contributed by atoms with Gasteiger partial charge in [0, 0.05) is 18.1 Å². The second-order valence-corrected chi connectivity index (χ2v) is 7.97. The molecule has 3 rings (SSSR count). The second kappa shape index (κ2) is 7.50. The summed E-state index contributed by atoms with van der Waals surface area (Å²) >= 11 is 1.66. The van der Waals surface area contributed by atoms with E-state index in [2.05, 4.69) is 28.6 Å². The van der Waals surface area contributed by atoms with E-state index in [0.29, 0.717) is 19.6 Å². The normalized spacial score (nSPS) is 11.1. The highest BCUT2D eigenvalue weighted by atomic mass is 32.1. The van der Waals surface area contributed by atoms with Gasteiger partial charge in [-0.2, -0.15) is 0 Å². The van der Waals surface area contributed by atoms with Crippen LogP contribution in [0.1, 0.15) is 33.8 Å². The Balaban J connectivity index is 1.59. The fourth-order valence-electron chi connectivity index (χ4n) is 2.91. The molecule has 5 nitrogen and oxygen atoms in total. The summed E-state index contributed by atoms with van der Waals surface area (Å²) in [6.45, 7) is 9.03. The summed E-state index contributed by atoms with van der Waals surface area (Å²) in [5.41, 5.74) is 4.28. The largest absolute Gasteiger partial charge is 0.493 e. The molecular formula is C20H25N3O2S. The number of ether oxygens (including phenoxy) is 1. The Morgan fingerprint density at radius 2 is 2.04 bits per heavy atom. The van der Waals surface area contributed by atoms with Crippen LogP contribution in [0.25, 0.3) is 4.96 Å². The molecule has 0 fully saturated rings. The minimum absolute atomic E-state index is 0.0663. The van der Waals surface area contributed by atoms with Crippen LogP contribution in [0.15, 0.2) is 24.4 Å². The monoisotopic (exact) mass is 371 g/mol. The molecule has 0 N–H and O–H groups in total. The van der Waals surface area contributed by atoms with Crippen molar-refractivity contribution in [2.45, 2.75) is 40.7 Å². The minimum atomic E-state index is 0.0663. The summed E-state index contributed by atoms with van der Waals surface area (Å²) in [6, 6.07) is 6.10. The van der Waals surface area contributed by atoms with Crippen molar-refractivity contribution in [1.29, 1.82) is 0 Å². The molecule has 26 heavy (non-hydrogen) atoms. The van der Waals surface area contributed by atoms with Gasteiger partial charge in [-0.15, -0.1) is 11.3 Å². The number of carbonyl (C=O) groups is 1. The van der Waals surface area contributed by atoms with E-state index in [0.717, 1.165) is 33.2 Å². The van der Waals surface area contributed by atoms with Gasteiger partial charge in [-0.3, -0.25) is 9.20 Å². The third-order valence-corrected chi connectivity index (χ3v) is 5.37. The van der Waals surface area contributed by atoms with Gasteiger partial charge < -0.3 is 9.64 Å². The quantitative estimate of drug-likeness (QED) is 0.656. The van der Waals surface area contributed by atoms with E-state index >= 15 is 0 Å². The number of carbonyl (C=O) groups excluding carboxylic acids is 1. The van der Waals surface area contributed by atoms with Crippen LogP contribution in [0.3, 0.4) is 0 Å². The van der Waals surface area contributed by atoms with Crippen LogP contribution in [-0.2, 0) is 11.3 Å². The summed E-state index contributed by atoms with van der Waals surface area (Å²) < 4.78 is 7.90. The molecule has 0 aliphatic heterocycles. The lowest BCUT2D eigenvalue weighted by Crippen LogP contribution is -2.28. The number of fused-ring (bicyclic) bond motifs is 1. The van der Waals surface area contributed by atoms with Crippen LogP contribution in [0.4, 0.5) is 0 Å². The molecular weight excluding hydrogens is 346 g/mol. The molecule has 1 amide bonds. The van der Waals surface area contributed by atoms with Crippen molar-refractivity contribution in [2.75, 3.05) is 13.7 Å². The highest BCUT2D eigenvalue weighted by molar-refractivity contribution is 7.17. The zero-order chi connectivity index (χ0) is 18.8. The molecule has 0 atom stereocenters. The van der Waals surface area contributed by atoms with Gasteiger partial charge in [-0.1, -0.05) is 12.1 Å². The number of nitrogens with zero attached hydrogens (tertiary/aromatic N) is 3. The standard InChI is InChI=1S/C20H25N3O2S/c1-13-6-7-14(2)18(10-13)25-9-8-19(24)22(5)12-17-16(4)21-20-23(17)11-15(3)26-20/h6-7,10-11H,8-9,12H2,1-5H3. The summed E-state index contributed by atoms with van der Waals surface area (Å²) in [7, 11) is 1.83. The lowest BCUT2D eigenvalue weighted by molar-refractivity contribution is -0.131. The van der Waals surface area contributed by atoms with Gasteiger partial charge in [0.05, 0.1) is 31.0 Å². The first-order valence-corrected chi connectivity index (χ1v) is 9.55. The maximum absolute atomic E-state index is 12.5. The molecule has 0 saturated carbocycles. The van der Waals surface area contributed by atoms with Crippen molar-refractivity contribution in [2.24, 2.45) is 0 Å². The molecule has 3 aromatic rings. The Morgan fingerprint density at radius 1 is 1.27 bits per heavy atom. The third-order valence-electron chi connectivity index (χ3n) is 4.47. The van der Waals surface area contributed by atoms with E-state index in [1.165, 1.54) is 4.88 Å². The molecule has 0 aliphatic carbocycles. The highest BCUT2D eigenvalue weighted by Crippen LogP contribution is 2.22. The van der Waals surface area contributed by atoms with Gasteiger partial charge in [0.15, 0.2) is 4.96 Å². The third kappa shape index (κ3) is 3.90. The van der Waals surface area contributed by atoms with Crippen LogP contribution >= 0.6 is 11.3 Å². The zero-order valence-electron chi connectivity index (χ0n) is 16.0. The maximum Gasteiger partial charge on any atom is 0.226 e. The number of benzene rings is 1. The lowest BCUT2D eigenvalue weighted by atomic mass is 10.1. The molecule has 0 radical (unpaired) electrons. The fraction of sp³-hybridized carbons (Fsp3) is 0.400. The van der Waals surface area contributed by atoms with Crippen LogP contribution in [0.2, 0.25) is 0 Å². The summed E-state index contributed by atoms with van der Waals surface area (Å²) in [5.74, 6) is 0.916. The maximum atomic E-state index is 12.5. The Morgan fingerprint density at radius 3 is 2.81 bits per heavy atom. The SMILES string of the molecule is Cc1ccc(C)c(OCCC(=O)N(C)Cc2c(C)nc3sc(C)cn23)c1. The van der Waals surface area contributed by atoms with Crippen molar-refractivity contribution >= 4 is 22.2 Å². The van der Waals surface area contributed by atoms with Crippen LogP contribution < -0.4 is 4.74 Å². The molecule has 138 valence electrons. The van der Waals surface area contributed by atoms with Gasteiger partial charge in [0.25, 0.3) is 0 Å². The molecule has 0 aliphatic rings. The van der Waals surface area contributed by atoms with E-state index < -0.39 is 0 Å². The predicted octanol–water partition coefficient (Wildman–Crippen LogP) is 4.06. The van der Waals surface area contributed by atoms with Gasteiger partial charge >= 0.3 is 0 Å². The van der Waals surface area contributed by atoms with Crippen molar-refractivity contribution in [3.8, 4) is 5.75 Å². The number of amides is 1. The van der Waals surface area contributed by atoms with Gasteiger partial charge in [-0.25, -0.2) is 4.98 Å². The van der Waals surface area contributed by atoms with Crippen molar-refractivity contribution < 1.29 is 9.53 Å². The molecule has 0 spiro atoms. The number of hydrogen-bond donors (Lipinski definition) is 0. The Hall–Kier alpha value is -2.34. The fourth-order valence-corrected chi connectivity index (χ4v) is 3.80. The first-order chi connectivity index (χ1) is 12.3. The molecule has 6 heteroatoms. The van der Waals surface area contributed by atoms with E-state index in [1.807, 2.05) is 40.0 Å². The van der Waals surface area contributed by atoms with Crippen molar-refractivity contribution in [3.05, 3.63) is 51.8 Å². The summed E-state index contributed by atoms with van der Waals surface area (Å²) in [6.07, 6.45) is 2.44. The number of hydrogen-bond acceptors (Lipinski definition) is 4.